The zero-order chi connectivity index (χ0) is 23.8. The lowest BCUT2D eigenvalue weighted by Crippen LogP contribution is -2.41. The molecule has 2 aromatic rings. The molecule has 0 unspecified atom stereocenters. The summed E-state index contributed by atoms with van der Waals surface area (Å²) in [5.74, 6) is -0.950. The number of halogens is 1. The van der Waals surface area contributed by atoms with Crippen molar-refractivity contribution >= 4 is 21.8 Å². The molecule has 1 atom stereocenters. The lowest BCUT2D eigenvalue weighted by atomic mass is 9.81. The molecule has 178 valence electrons. The summed E-state index contributed by atoms with van der Waals surface area (Å²) >= 11 is 0. The Morgan fingerprint density at radius 2 is 1.64 bits per heavy atom. The third kappa shape index (κ3) is 7.36. The topological polar surface area (TPSA) is 104 Å². The largest absolute Gasteiger partial charge is 0.348 e. The van der Waals surface area contributed by atoms with Crippen molar-refractivity contribution in [3.8, 4) is 0 Å². The number of hydrogen-bond acceptors (Lipinski definition) is 4. The molecule has 0 saturated heterocycles. The molecule has 7 nitrogen and oxygen atoms in total. The maximum absolute atomic E-state index is 13.0. The highest BCUT2D eigenvalue weighted by atomic mass is 32.2. The molecule has 0 bridgehead atoms. The van der Waals surface area contributed by atoms with Crippen LogP contribution in [0.2, 0.25) is 0 Å². The quantitative estimate of drug-likeness (QED) is 0.519. The van der Waals surface area contributed by atoms with Crippen LogP contribution in [0, 0.1) is 17.7 Å². The van der Waals surface area contributed by atoms with E-state index in [1.807, 2.05) is 37.3 Å². The number of benzene rings is 2. The zero-order valence-corrected chi connectivity index (χ0v) is 19.4. The van der Waals surface area contributed by atoms with Crippen molar-refractivity contribution in [2.75, 3.05) is 13.1 Å². The average molecular weight is 476 g/mol. The first-order chi connectivity index (χ1) is 15.7. The van der Waals surface area contributed by atoms with Gasteiger partial charge in [-0.2, -0.15) is 0 Å². The fraction of sp³-hybridized carbons (Fsp3) is 0.417. The molecule has 1 aliphatic carbocycles. The number of nitrogens with one attached hydrogen (secondary N) is 3. The minimum atomic E-state index is -3.69. The van der Waals surface area contributed by atoms with E-state index in [1.54, 1.807) is 0 Å². The number of rotatable bonds is 9. The molecule has 3 rings (SSSR count). The molecule has 0 aliphatic heterocycles. The minimum Gasteiger partial charge on any atom is -0.348 e. The molecule has 0 radical (unpaired) electrons. The van der Waals surface area contributed by atoms with Crippen LogP contribution >= 0.6 is 0 Å². The molecule has 33 heavy (non-hydrogen) atoms. The molecule has 0 aromatic heterocycles. The van der Waals surface area contributed by atoms with E-state index in [-0.39, 0.29) is 47.7 Å². The summed E-state index contributed by atoms with van der Waals surface area (Å²) < 4.78 is 40.3. The zero-order valence-electron chi connectivity index (χ0n) is 18.6. The van der Waals surface area contributed by atoms with Crippen LogP contribution < -0.4 is 15.4 Å². The molecular formula is C24H30FN3O4S. The summed E-state index contributed by atoms with van der Waals surface area (Å²) in [4.78, 5) is 24.7. The van der Waals surface area contributed by atoms with Gasteiger partial charge in [0.15, 0.2) is 0 Å². The summed E-state index contributed by atoms with van der Waals surface area (Å²) in [6, 6.07) is 14.1. The van der Waals surface area contributed by atoms with E-state index in [1.165, 1.54) is 12.1 Å². The van der Waals surface area contributed by atoms with Crippen LogP contribution in [0.15, 0.2) is 59.5 Å². The Kier molecular flexibility index (Phi) is 8.57. The Labute approximate surface area is 194 Å². The molecule has 1 fully saturated rings. The van der Waals surface area contributed by atoms with Gasteiger partial charge in [-0.15, -0.1) is 0 Å². The Morgan fingerprint density at radius 1 is 1.00 bits per heavy atom. The molecule has 1 aliphatic rings. The van der Waals surface area contributed by atoms with E-state index < -0.39 is 15.8 Å². The minimum absolute atomic E-state index is 0.0248. The molecule has 3 N–H and O–H groups in total. The second-order valence-corrected chi connectivity index (χ2v) is 10.2. The van der Waals surface area contributed by atoms with Gasteiger partial charge >= 0.3 is 0 Å². The van der Waals surface area contributed by atoms with E-state index in [4.69, 9.17) is 0 Å². The van der Waals surface area contributed by atoms with E-state index >= 15 is 0 Å². The molecule has 2 amide bonds. The van der Waals surface area contributed by atoms with Crippen LogP contribution in [-0.2, 0) is 19.6 Å². The normalized spacial score (nSPS) is 19.5. The van der Waals surface area contributed by atoms with E-state index in [0.29, 0.717) is 25.7 Å². The van der Waals surface area contributed by atoms with Crippen LogP contribution in [-0.4, -0.2) is 33.3 Å². The highest BCUT2D eigenvalue weighted by molar-refractivity contribution is 7.89. The van der Waals surface area contributed by atoms with Gasteiger partial charge in [0.05, 0.1) is 17.5 Å². The smallest absolute Gasteiger partial charge is 0.240 e. The van der Waals surface area contributed by atoms with Gasteiger partial charge in [0.25, 0.3) is 0 Å². The third-order valence-electron chi connectivity index (χ3n) is 6.00. The predicted octanol–water partition coefficient (Wildman–Crippen LogP) is 2.90. The summed E-state index contributed by atoms with van der Waals surface area (Å²) in [6.45, 7) is 2.09. The standard InChI is InChI=1S/C24H30FN3O4S/c1-17(19-5-3-2-4-6-19)28-23(29)16-26-24(30)20-9-7-18(8-10-20)15-27-33(31,32)22-13-11-21(25)12-14-22/h2-6,11-14,17-18,20,27H,7-10,15-16H2,1H3,(H,26,30)(H,28,29)/t17-,18?,20?/m1/s1. The third-order valence-corrected chi connectivity index (χ3v) is 7.44. The van der Waals surface area contributed by atoms with Crippen LogP contribution in [0.25, 0.3) is 0 Å². The van der Waals surface area contributed by atoms with Crippen molar-refractivity contribution in [3.63, 3.8) is 0 Å². The average Bonchev–Trinajstić information content (AvgIpc) is 2.82. The maximum atomic E-state index is 13.0. The van der Waals surface area contributed by atoms with Crippen LogP contribution in [0.4, 0.5) is 4.39 Å². The van der Waals surface area contributed by atoms with Crippen molar-refractivity contribution in [1.82, 2.24) is 15.4 Å². The molecule has 0 spiro atoms. The predicted molar refractivity (Wildman–Crippen MR) is 123 cm³/mol. The molecule has 9 heteroatoms. The number of carbonyl (C=O) groups is 2. The van der Waals surface area contributed by atoms with Crippen LogP contribution in [0.5, 0.6) is 0 Å². The summed E-state index contributed by atoms with van der Waals surface area (Å²) in [5.41, 5.74) is 0.991. The Balaban J connectivity index is 1.37. The Bertz CT molecular complexity index is 1040. The highest BCUT2D eigenvalue weighted by Gasteiger charge is 2.27. The second-order valence-electron chi connectivity index (χ2n) is 8.44. The monoisotopic (exact) mass is 475 g/mol. The van der Waals surface area contributed by atoms with Crippen molar-refractivity contribution in [2.45, 2.75) is 43.5 Å². The number of carbonyl (C=O) groups excluding carboxylic acids is 2. The summed E-state index contributed by atoms with van der Waals surface area (Å²) in [5, 5.41) is 5.58. The molecule has 0 heterocycles. The maximum Gasteiger partial charge on any atom is 0.240 e. The van der Waals surface area contributed by atoms with Crippen molar-refractivity contribution in [1.29, 1.82) is 0 Å². The first kappa shape index (κ1) is 24.9. The fourth-order valence-corrected chi connectivity index (χ4v) is 5.10. The van der Waals surface area contributed by atoms with Gasteiger partial charge in [0, 0.05) is 12.5 Å². The fourth-order valence-electron chi connectivity index (χ4n) is 3.98. The van der Waals surface area contributed by atoms with Gasteiger partial charge < -0.3 is 10.6 Å². The SMILES string of the molecule is C[C@@H](NC(=O)CNC(=O)C1CCC(CNS(=O)(=O)c2ccc(F)cc2)CC1)c1ccccc1. The van der Waals surface area contributed by atoms with Gasteiger partial charge in [-0.05, 0) is 68.4 Å². The van der Waals surface area contributed by atoms with E-state index in [0.717, 1.165) is 17.7 Å². The highest BCUT2D eigenvalue weighted by Crippen LogP contribution is 2.29. The second kappa shape index (κ2) is 11.4. The van der Waals surface area contributed by atoms with Crippen molar-refractivity contribution in [2.24, 2.45) is 11.8 Å². The lowest BCUT2D eigenvalue weighted by molar-refractivity contribution is -0.129. The summed E-state index contributed by atoms with van der Waals surface area (Å²) in [6.07, 6.45) is 2.69. The van der Waals surface area contributed by atoms with Gasteiger partial charge in [-0.3, -0.25) is 9.59 Å². The lowest BCUT2D eigenvalue weighted by Gasteiger charge is -2.28. The van der Waals surface area contributed by atoms with Crippen molar-refractivity contribution in [3.05, 3.63) is 66.0 Å². The Hall–Kier alpha value is -2.78. The number of sulfonamides is 1. The first-order valence-corrected chi connectivity index (χ1v) is 12.6. The summed E-state index contributed by atoms with van der Waals surface area (Å²) in [7, 11) is -3.69. The Morgan fingerprint density at radius 3 is 2.27 bits per heavy atom. The van der Waals surface area contributed by atoms with Gasteiger partial charge in [0.2, 0.25) is 21.8 Å². The van der Waals surface area contributed by atoms with Crippen LogP contribution in [0.3, 0.4) is 0 Å². The van der Waals surface area contributed by atoms with Gasteiger partial charge in [-0.1, -0.05) is 30.3 Å². The van der Waals surface area contributed by atoms with E-state index in [2.05, 4.69) is 15.4 Å². The number of hydrogen-bond donors (Lipinski definition) is 3. The van der Waals surface area contributed by atoms with Crippen LogP contribution in [0.1, 0.15) is 44.2 Å². The van der Waals surface area contributed by atoms with Gasteiger partial charge in [-0.25, -0.2) is 17.5 Å². The van der Waals surface area contributed by atoms with Crippen molar-refractivity contribution < 1.29 is 22.4 Å². The molecule has 2 aromatic carbocycles. The first-order valence-electron chi connectivity index (χ1n) is 11.1. The molecular weight excluding hydrogens is 445 g/mol. The molecule has 1 saturated carbocycles. The van der Waals surface area contributed by atoms with E-state index in [9.17, 15) is 22.4 Å². The van der Waals surface area contributed by atoms with Gasteiger partial charge in [0.1, 0.15) is 5.82 Å². The number of amides is 2.